The van der Waals surface area contributed by atoms with Gasteiger partial charge in [0, 0.05) is 39.2 Å². The van der Waals surface area contributed by atoms with Gasteiger partial charge in [0.1, 0.15) is 5.69 Å². The maximum atomic E-state index is 5.38. The van der Waals surface area contributed by atoms with Crippen molar-refractivity contribution in [3.63, 3.8) is 0 Å². The Balaban J connectivity index is 1.80. The Morgan fingerprint density at radius 2 is 2.22 bits per heavy atom. The molecule has 1 fully saturated rings. The van der Waals surface area contributed by atoms with E-state index in [1.54, 1.807) is 7.11 Å². The van der Waals surface area contributed by atoms with Crippen LogP contribution in [0.25, 0.3) is 0 Å². The molecule has 5 nitrogen and oxygen atoms in total. The highest BCUT2D eigenvalue weighted by Gasteiger charge is 2.33. The lowest BCUT2D eigenvalue weighted by Crippen LogP contribution is -2.37. The van der Waals surface area contributed by atoms with Crippen molar-refractivity contribution in [1.29, 1.82) is 0 Å². The number of nitrogens with zero attached hydrogens (tertiary/aromatic N) is 4. The second kappa shape index (κ2) is 4.97. The van der Waals surface area contributed by atoms with Crippen molar-refractivity contribution < 1.29 is 4.74 Å². The molecule has 1 unspecified atom stereocenters. The summed E-state index contributed by atoms with van der Waals surface area (Å²) in [7, 11) is 1.78. The topological polar surface area (TPSA) is 43.2 Å². The van der Waals surface area contributed by atoms with Gasteiger partial charge in [-0.2, -0.15) is 0 Å². The van der Waals surface area contributed by atoms with Gasteiger partial charge in [-0.05, 0) is 25.7 Å². The van der Waals surface area contributed by atoms with Gasteiger partial charge in [-0.3, -0.25) is 4.90 Å². The van der Waals surface area contributed by atoms with Gasteiger partial charge in [-0.1, -0.05) is 5.21 Å². The number of aryl methyl sites for hydroxylation is 1. The van der Waals surface area contributed by atoms with E-state index in [1.807, 2.05) is 4.68 Å². The molecule has 0 N–H and O–H groups in total. The van der Waals surface area contributed by atoms with Gasteiger partial charge in [-0.15, -0.1) is 5.10 Å². The standard InChI is InChI=1S/C13H22N4O/c1-3-17-13-11(9-18-2)7-16(6-10-4-5-10)8-12(13)14-15-17/h10-11H,3-9H2,1-2H3. The molecule has 0 saturated heterocycles. The van der Waals surface area contributed by atoms with E-state index in [-0.39, 0.29) is 0 Å². The van der Waals surface area contributed by atoms with E-state index in [2.05, 4.69) is 22.1 Å². The molecule has 1 atom stereocenters. The fourth-order valence-electron chi connectivity index (χ4n) is 2.96. The first-order valence-electron chi connectivity index (χ1n) is 6.95. The minimum Gasteiger partial charge on any atom is -0.384 e. The van der Waals surface area contributed by atoms with E-state index >= 15 is 0 Å². The quantitative estimate of drug-likeness (QED) is 0.789. The van der Waals surface area contributed by atoms with E-state index in [0.29, 0.717) is 5.92 Å². The van der Waals surface area contributed by atoms with Gasteiger partial charge >= 0.3 is 0 Å². The molecule has 1 saturated carbocycles. The number of ether oxygens (including phenoxy) is 1. The maximum Gasteiger partial charge on any atom is 0.100 e. The van der Waals surface area contributed by atoms with Crippen LogP contribution in [0.3, 0.4) is 0 Å². The Labute approximate surface area is 108 Å². The molecule has 5 heteroatoms. The third-order valence-electron chi connectivity index (χ3n) is 3.97. The molecule has 3 rings (SSSR count). The number of hydrogen-bond donors (Lipinski definition) is 0. The fourth-order valence-corrected chi connectivity index (χ4v) is 2.96. The zero-order valence-electron chi connectivity index (χ0n) is 11.3. The molecule has 1 aromatic rings. The molecule has 1 aliphatic heterocycles. The Kier molecular flexibility index (Phi) is 3.35. The summed E-state index contributed by atoms with van der Waals surface area (Å²) < 4.78 is 7.42. The van der Waals surface area contributed by atoms with Gasteiger partial charge in [0.05, 0.1) is 12.3 Å². The van der Waals surface area contributed by atoms with E-state index in [4.69, 9.17) is 4.74 Å². The number of methoxy groups -OCH3 is 1. The van der Waals surface area contributed by atoms with Gasteiger partial charge in [-0.25, -0.2) is 4.68 Å². The molecular formula is C13H22N4O. The van der Waals surface area contributed by atoms with Crippen LogP contribution in [0.4, 0.5) is 0 Å². The number of aromatic nitrogens is 3. The molecule has 2 aliphatic rings. The summed E-state index contributed by atoms with van der Waals surface area (Å²) >= 11 is 0. The Morgan fingerprint density at radius 1 is 1.39 bits per heavy atom. The summed E-state index contributed by atoms with van der Waals surface area (Å²) in [6, 6.07) is 0. The summed E-state index contributed by atoms with van der Waals surface area (Å²) in [6.07, 6.45) is 2.81. The first kappa shape index (κ1) is 12.1. The fraction of sp³-hybridized carbons (Fsp3) is 0.846. The van der Waals surface area contributed by atoms with Crippen molar-refractivity contribution in [1.82, 2.24) is 19.9 Å². The summed E-state index contributed by atoms with van der Waals surface area (Å²) in [5.74, 6) is 1.35. The second-order valence-corrected chi connectivity index (χ2v) is 5.53. The van der Waals surface area contributed by atoms with Crippen molar-refractivity contribution in [2.24, 2.45) is 5.92 Å². The van der Waals surface area contributed by atoms with E-state index < -0.39 is 0 Å². The van der Waals surface area contributed by atoms with Gasteiger partial charge in [0.15, 0.2) is 0 Å². The highest BCUT2D eigenvalue weighted by atomic mass is 16.5. The monoisotopic (exact) mass is 250 g/mol. The Morgan fingerprint density at radius 3 is 2.89 bits per heavy atom. The zero-order chi connectivity index (χ0) is 12.5. The molecule has 0 amide bonds. The van der Waals surface area contributed by atoms with Crippen LogP contribution in [-0.4, -0.2) is 46.7 Å². The van der Waals surface area contributed by atoms with Crippen LogP contribution in [-0.2, 0) is 17.8 Å². The SMILES string of the molecule is CCn1nnc2c1C(COC)CN(CC1CC1)C2. The van der Waals surface area contributed by atoms with Crippen molar-refractivity contribution in [2.75, 3.05) is 26.8 Å². The summed E-state index contributed by atoms with van der Waals surface area (Å²) in [4.78, 5) is 2.53. The molecule has 0 aromatic carbocycles. The van der Waals surface area contributed by atoms with Crippen LogP contribution >= 0.6 is 0 Å². The van der Waals surface area contributed by atoms with Crippen LogP contribution in [0.15, 0.2) is 0 Å². The van der Waals surface area contributed by atoms with E-state index in [9.17, 15) is 0 Å². The molecule has 0 bridgehead atoms. The molecule has 1 aliphatic carbocycles. The van der Waals surface area contributed by atoms with Crippen LogP contribution in [0.1, 0.15) is 37.1 Å². The van der Waals surface area contributed by atoms with Crippen LogP contribution in [0.2, 0.25) is 0 Å². The molecule has 1 aromatic heterocycles. The molecule has 18 heavy (non-hydrogen) atoms. The predicted octanol–water partition coefficient (Wildman–Crippen LogP) is 1.25. The molecule has 0 spiro atoms. The van der Waals surface area contributed by atoms with Crippen molar-refractivity contribution in [3.05, 3.63) is 11.4 Å². The maximum absolute atomic E-state index is 5.38. The summed E-state index contributed by atoms with van der Waals surface area (Å²) in [6.45, 7) is 7.05. The third kappa shape index (κ3) is 2.29. The van der Waals surface area contributed by atoms with Crippen LogP contribution in [0, 0.1) is 5.92 Å². The first-order valence-corrected chi connectivity index (χ1v) is 6.95. The third-order valence-corrected chi connectivity index (χ3v) is 3.97. The first-order chi connectivity index (χ1) is 8.81. The Hall–Kier alpha value is -0.940. The summed E-state index contributed by atoms with van der Waals surface area (Å²) in [5, 5.41) is 8.62. The summed E-state index contributed by atoms with van der Waals surface area (Å²) in [5.41, 5.74) is 2.46. The lowest BCUT2D eigenvalue weighted by Gasteiger charge is -2.32. The van der Waals surface area contributed by atoms with E-state index in [0.717, 1.165) is 37.9 Å². The van der Waals surface area contributed by atoms with Crippen molar-refractivity contribution in [3.8, 4) is 0 Å². The highest BCUT2D eigenvalue weighted by molar-refractivity contribution is 5.20. The normalized spacial score (nSPS) is 24.2. The lowest BCUT2D eigenvalue weighted by atomic mass is 9.98. The van der Waals surface area contributed by atoms with Gasteiger partial charge in [0.2, 0.25) is 0 Å². The van der Waals surface area contributed by atoms with Crippen LogP contribution < -0.4 is 0 Å². The van der Waals surface area contributed by atoms with Gasteiger partial charge < -0.3 is 4.74 Å². The minimum absolute atomic E-state index is 0.424. The highest BCUT2D eigenvalue weighted by Crippen LogP contribution is 2.33. The van der Waals surface area contributed by atoms with Gasteiger partial charge in [0.25, 0.3) is 0 Å². The predicted molar refractivity (Wildman–Crippen MR) is 68.3 cm³/mol. The second-order valence-electron chi connectivity index (χ2n) is 5.53. The number of fused-ring (bicyclic) bond motifs is 1. The van der Waals surface area contributed by atoms with Crippen molar-refractivity contribution in [2.45, 2.75) is 38.8 Å². The average Bonchev–Trinajstić information content (AvgIpc) is 3.07. The van der Waals surface area contributed by atoms with Crippen LogP contribution in [0.5, 0.6) is 0 Å². The average molecular weight is 250 g/mol. The molecule has 0 radical (unpaired) electrons. The smallest absolute Gasteiger partial charge is 0.100 e. The largest absolute Gasteiger partial charge is 0.384 e. The Bertz CT molecular complexity index is 413. The van der Waals surface area contributed by atoms with Crippen molar-refractivity contribution >= 4 is 0 Å². The number of rotatable bonds is 5. The molecule has 2 heterocycles. The molecule has 100 valence electrons. The van der Waals surface area contributed by atoms with E-state index in [1.165, 1.54) is 25.1 Å². The lowest BCUT2D eigenvalue weighted by molar-refractivity contribution is 0.132. The zero-order valence-corrected chi connectivity index (χ0v) is 11.3. The molecular weight excluding hydrogens is 228 g/mol. The minimum atomic E-state index is 0.424. The number of hydrogen-bond acceptors (Lipinski definition) is 4.